The summed E-state index contributed by atoms with van der Waals surface area (Å²) < 4.78 is 11.8. The van der Waals surface area contributed by atoms with Crippen LogP contribution in [0, 0.1) is 6.92 Å². The van der Waals surface area contributed by atoms with Crippen molar-refractivity contribution >= 4 is 16.9 Å². The summed E-state index contributed by atoms with van der Waals surface area (Å²) in [6, 6.07) is 24.5. The van der Waals surface area contributed by atoms with Crippen LogP contribution >= 0.6 is 0 Å². The minimum atomic E-state index is -0.934. The standard InChI is InChI=1S/C25H21NO4/c1-17-13-19(25(27)28)9-10-20(17)15-29-22-6-4-7-23(14-22)30-16-21-12-11-18-5-2-3-8-24(18)26-21/h2-14H,15-16H2,1H3,(H,27,28). The summed E-state index contributed by atoms with van der Waals surface area (Å²) in [5, 5.41) is 10.2. The van der Waals surface area contributed by atoms with Gasteiger partial charge in [0.2, 0.25) is 0 Å². The lowest BCUT2D eigenvalue weighted by Crippen LogP contribution is -2.02. The highest BCUT2D eigenvalue weighted by molar-refractivity contribution is 5.87. The number of benzene rings is 3. The second-order valence-corrected chi connectivity index (χ2v) is 6.99. The molecular formula is C25H21NO4. The molecule has 0 spiro atoms. The molecule has 0 aliphatic heterocycles. The van der Waals surface area contributed by atoms with Crippen LogP contribution in [0.25, 0.3) is 10.9 Å². The van der Waals surface area contributed by atoms with Crippen molar-refractivity contribution in [3.05, 3.63) is 101 Å². The number of fused-ring (bicyclic) bond motifs is 1. The predicted octanol–water partition coefficient (Wildman–Crippen LogP) is 5.40. The Hall–Kier alpha value is -3.86. The Labute approximate surface area is 174 Å². The molecule has 1 aromatic heterocycles. The Bertz CT molecular complexity index is 1200. The zero-order chi connectivity index (χ0) is 20.9. The molecule has 1 heterocycles. The molecule has 0 atom stereocenters. The van der Waals surface area contributed by atoms with Gasteiger partial charge >= 0.3 is 5.97 Å². The van der Waals surface area contributed by atoms with Gasteiger partial charge in [-0.1, -0.05) is 36.4 Å². The maximum Gasteiger partial charge on any atom is 0.335 e. The number of carbonyl (C=O) groups is 1. The van der Waals surface area contributed by atoms with Crippen molar-refractivity contribution in [1.82, 2.24) is 4.98 Å². The van der Waals surface area contributed by atoms with Crippen molar-refractivity contribution in [2.45, 2.75) is 20.1 Å². The highest BCUT2D eigenvalue weighted by Gasteiger charge is 2.07. The van der Waals surface area contributed by atoms with Gasteiger partial charge in [0, 0.05) is 11.5 Å². The molecule has 0 radical (unpaired) electrons. The summed E-state index contributed by atoms with van der Waals surface area (Å²) in [6.45, 7) is 2.59. The van der Waals surface area contributed by atoms with E-state index in [4.69, 9.17) is 14.6 Å². The number of para-hydroxylation sites is 1. The van der Waals surface area contributed by atoms with Crippen LogP contribution < -0.4 is 9.47 Å². The minimum absolute atomic E-state index is 0.272. The van der Waals surface area contributed by atoms with Crippen LogP contribution in [0.2, 0.25) is 0 Å². The molecule has 5 heteroatoms. The summed E-state index contributed by atoms with van der Waals surface area (Å²) in [5.41, 5.74) is 3.89. The first kappa shape index (κ1) is 19.5. The molecule has 0 fully saturated rings. The first-order valence-electron chi connectivity index (χ1n) is 9.62. The summed E-state index contributed by atoms with van der Waals surface area (Å²) in [5.74, 6) is 0.442. The minimum Gasteiger partial charge on any atom is -0.489 e. The van der Waals surface area contributed by atoms with Crippen molar-refractivity contribution in [3.63, 3.8) is 0 Å². The molecule has 3 aromatic carbocycles. The van der Waals surface area contributed by atoms with Crippen molar-refractivity contribution in [2.75, 3.05) is 0 Å². The summed E-state index contributed by atoms with van der Waals surface area (Å²) >= 11 is 0. The first-order valence-corrected chi connectivity index (χ1v) is 9.62. The van der Waals surface area contributed by atoms with Crippen molar-refractivity contribution in [2.24, 2.45) is 0 Å². The normalized spacial score (nSPS) is 10.7. The smallest absolute Gasteiger partial charge is 0.335 e. The number of aromatic nitrogens is 1. The number of hydrogen-bond acceptors (Lipinski definition) is 4. The number of aryl methyl sites for hydroxylation is 1. The van der Waals surface area contributed by atoms with E-state index in [2.05, 4.69) is 4.98 Å². The Balaban J connectivity index is 1.39. The molecule has 0 saturated carbocycles. The molecule has 4 rings (SSSR count). The first-order chi connectivity index (χ1) is 14.6. The fraction of sp³-hybridized carbons (Fsp3) is 0.120. The van der Waals surface area contributed by atoms with Crippen LogP contribution in [0.15, 0.2) is 78.9 Å². The predicted molar refractivity (Wildman–Crippen MR) is 115 cm³/mol. The van der Waals surface area contributed by atoms with E-state index < -0.39 is 5.97 Å². The average Bonchev–Trinajstić information content (AvgIpc) is 2.77. The zero-order valence-electron chi connectivity index (χ0n) is 16.5. The number of aromatic carboxylic acids is 1. The molecule has 1 N–H and O–H groups in total. The van der Waals surface area contributed by atoms with E-state index in [1.807, 2.05) is 67.6 Å². The summed E-state index contributed by atoms with van der Waals surface area (Å²) in [7, 11) is 0. The second-order valence-electron chi connectivity index (χ2n) is 6.99. The molecule has 0 unspecified atom stereocenters. The number of hydrogen-bond donors (Lipinski definition) is 1. The second kappa shape index (κ2) is 8.66. The van der Waals surface area contributed by atoms with Gasteiger partial charge in [-0.05, 0) is 54.4 Å². The van der Waals surface area contributed by atoms with Crippen LogP contribution in [0.5, 0.6) is 11.5 Å². The molecule has 0 amide bonds. The Morgan fingerprint density at radius 3 is 2.40 bits per heavy atom. The molecule has 0 aliphatic rings. The third kappa shape index (κ3) is 4.58. The Kier molecular flexibility index (Phi) is 5.61. The lowest BCUT2D eigenvalue weighted by molar-refractivity contribution is 0.0696. The van der Waals surface area contributed by atoms with Crippen molar-refractivity contribution < 1.29 is 19.4 Å². The highest BCUT2D eigenvalue weighted by Crippen LogP contribution is 2.22. The molecule has 30 heavy (non-hydrogen) atoms. The van der Waals surface area contributed by atoms with E-state index in [1.54, 1.807) is 18.2 Å². The van der Waals surface area contributed by atoms with Gasteiger partial charge in [0.05, 0.1) is 16.8 Å². The number of carboxylic acid groups (broad SMARTS) is 1. The van der Waals surface area contributed by atoms with Gasteiger partial charge in [0.25, 0.3) is 0 Å². The monoisotopic (exact) mass is 399 g/mol. The Morgan fingerprint density at radius 1 is 0.867 bits per heavy atom. The van der Waals surface area contributed by atoms with Crippen molar-refractivity contribution in [3.8, 4) is 11.5 Å². The largest absolute Gasteiger partial charge is 0.489 e. The zero-order valence-corrected chi connectivity index (χ0v) is 16.5. The van der Waals surface area contributed by atoms with E-state index in [9.17, 15) is 4.79 Å². The molecule has 0 bridgehead atoms. The SMILES string of the molecule is Cc1cc(C(=O)O)ccc1COc1cccc(OCc2ccc3ccccc3n2)c1. The molecular weight excluding hydrogens is 378 g/mol. The lowest BCUT2D eigenvalue weighted by Gasteiger charge is -2.11. The van der Waals surface area contributed by atoms with Crippen molar-refractivity contribution in [1.29, 1.82) is 0 Å². The third-order valence-electron chi connectivity index (χ3n) is 4.83. The number of carboxylic acids is 1. The van der Waals surface area contributed by atoms with E-state index >= 15 is 0 Å². The van der Waals surface area contributed by atoms with Gasteiger partial charge < -0.3 is 14.6 Å². The van der Waals surface area contributed by atoms with Gasteiger partial charge in [-0.15, -0.1) is 0 Å². The maximum absolute atomic E-state index is 11.1. The molecule has 5 nitrogen and oxygen atoms in total. The van der Waals surface area contributed by atoms with Gasteiger partial charge in [0.15, 0.2) is 0 Å². The summed E-state index contributed by atoms with van der Waals surface area (Å²) in [6.07, 6.45) is 0. The number of nitrogens with zero attached hydrogens (tertiary/aromatic N) is 1. The topological polar surface area (TPSA) is 68.7 Å². The van der Waals surface area contributed by atoms with Crippen LogP contribution in [-0.2, 0) is 13.2 Å². The van der Waals surface area contributed by atoms with Gasteiger partial charge in [-0.25, -0.2) is 9.78 Å². The van der Waals surface area contributed by atoms with Gasteiger partial charge in [-0.2, -0.15) is 0 Å². The number of pyridine rings is 1. The lowest BCUT2D eigenvalue weighted by atomic mass is 10.1. The number of ether oxygens (including phenoxy) is 2. The molecule has 4 aromatic rings. The summed E-state index contributed by atoms with van der Waals surface area (Å²) in [4.78, 5) is 15.7. The molecule has 0 aliphatic carbocycles. The van der Waals surface area contributed by atoms with E-state index in [-0.39, 0.29) is 5.56 Å². The van der Waals surface area contributed by atoms with Gasteiger partial charge in [0.1, 0.15) is 24.7 Å². The fourth-order valence-corrected chi connectivity index (χ4v) is 3.15. The third-order valence-corrected chi connectivity index (χ3v) is 4.83. The highest BCUT2D eigenvalue weighted by atomic mass is 16.5. The van der Waals surface area contributed by atoms with Crippen LogP contribution in [0.4, 0.5) is 0 Å². The van der Waals surface area contributed by atoms with Crippen LogP contribution in [0.3, 0.4) is 0 Å². The van der Waals surface area contributed by atoms with Crippen LogP contribution in [0.1, 0.15) is 27.2 Å². The molecule has 0 saturated heterocycles. The Morgan fingerprint density at radius 2 is 1.63 bits per heavy atom. The maximum atomic E-state index is 11.1. The van der Waals surface area contributed by atoms with E-state index in [0.29, 0.717) is 24.7 Å². The van der Waals surface area contributed by atoms with Gasteiger partial charge in [-0.3, -0.25) is 0 Å². The number of rotatable bonds is 7. The van der Waals surface area contributed by atoms with E-state index in [0.717, 1.165) is 27.7 Å². The molecule has 150 valence electrons. The quantitative estimate of drug-likeness (QED) is 0.451. The average molecular weight is 399 g/mol. The fourth-order valence-electron chi connectivity index (χ4n) is 3.15. The van der Waals surface area contributed by atoms with Crippen LogP contribution in [-0.4, -0.2) is 16.1 Å². The van der Waals surface area contributed by atoms with E-state index in [1.165, 1.54) is 0 Å².